The minimum absolute atomic E-state index is 0.0755. The van der Waals surface area contributed by atoms with Crippen LogP contribution in [0.3, 0.4) is 0 Å². The van der Waals surface area contributed by atoms with Crippen molar-refractivity contribution >= 4 is 23.4 Å². The third-order valence-electron chi connectivity index (χ3n) is 2.50. The SMILES string of the molecule is CCN(C(=O)OC(C)(C)C)c1ccc(C(=O)O)cc1N. The molecule has 1 aromatic rings. The summed E-state index contributed by atoms with van der Waals surface area (Å²) in [5.41, 5.74) is 5.95. The maximum Gasteiger partial charge on any atom is 0.414 e. The molecule has 0 radical (unpaired) electrons. The summed E-state index contributed by atoms with van der Waals surface area (Å²) in [5, 5.41) is 8.90. The Balaban J connectivity index is 3.07. The highest BCUT2D eigenvalue weighted by Crippen LogP contribution is 2.26. The van der Waals surface area contributed by atoms with E-state index < -0.39 is 17.7 Å². The summed E-state index contributed by atoms with van der Waals surface area (Å²) < 4.78 is 5.29. The van der Waals surface area contributed by atoms with Crippen molar-refractivity contribution in [2.45, 2.75) is 33.3 Å². The molecule has 0 unspecified atom stereocenters. The monoisotopic (exact) mass is 280 g/mol. The van der Waals surface area contributed by atoms with Crippen molar-refractivity contribution in [1.82, 2.24) is 0 Å². The first kappa shape index (κ1) is 15.8. The van der Waals surface area contributed by atoms with Crippen LogP contribution in [0.15, 0.2) is 18.2 Å². The second kappa shape index (κ2) is 5.81. The first-order valence-electron chi connectivity index (χ1n) is 6.29. The largest absolute Gasteiger partial charge is 0.478 e. The van der Waals surface area contributed by atoms with Gasteiger partial charge in [0, 0.05) is 6.54 Å². The predicted molar refractivity (Wildman–Crippen MR) is 77.1 cm³/mol. The van der Waals surface area contributed by atoms with Crippen LogP contribution in [-0.2, 0) is 4.74 Å². The zero-order chi connectivity index (χ0) is 15.5. The van der Waals surface area contributed by atoms with Gasteiger partial charge in [0.1, 0.15) is 5.60 Å². The van der Waals surface area contributed by atoms with Crippen LogP contribution in [0.2, 0.25) is 0 Å². The van der Waals surface area contributed by atoms with Gasteiger partial charge in [-0.1, -0.05) is 0 Å². The Morgan fingerprint density at radius 3 is 2.35 bits per heavy atom. The number of nitrogens with zero attached hydrogens (tertiary/aromatic N) is 1. The summed E-state index contributed by atoms with van der Waals surface area (Å²) in [6.45, 7) is 7.47. The molecule has 6 heteroatoms. The Labute approximate surface area is 118 Å². The van der Waals surface area contributed by atoms with Gasteiger partial charge in [0.05, 0.1) is 16.9 Å². The number of benzene rings is 1. The maximum atomic E-state index is 12.1. The van der Waals surface area contributed by atoms with E-state index in [-0.39, 0.29) is 11.3 Å². The van der Waals surface area contributed by atoms with E-state index in [0.717, 1.165) is 0 Å². The highest BCUT2D eigenvalue weighted by Gasteiger charge is 2.23. The molecule has 0 aliphatic heterocycles. The standard InChI is InChI=1S/C14H20N2O4/c1-5-16(13(19)20-14(2,3)4)11-7-6-9(12(17)18)8-10(11)15/h6-8H,5,15H2,1-4H3,(H,17,18). The molecular weight excluding hydrogens is 260 g/mol. The fourth-order valence-corrected chi connectivity index (χ4v) is 1.65. The Morgan fingerprint density at radius 2 is 1.95 bits per heavy atom. The molecule has 0 atom stereocenters. The minimum Gasteiger partial charge on any atom is -0.478 e. The number of ether oxygens (including phenoxy) is 1. The van der Waals surface area contributed by atoms with Crippen LogP contribution < -0.4 is 10.6 Å². The lowest BCUT2D eigenvalue weighted by Crippen LogP contribution is -2.37. The smallest absolute Gasteiger partial charge is 0.414 e. The van der Waals surface area contributed by atoms with Crippen LogP contribution in [0.1, 0.15) is 38.1 Å². The summed E-state index contributed by atoms with van der Waals surface area (Å²) in [4.78, 5) is 24.3. The first-order chi connectivity index (χ1) is 9.15. The lowest BCUT2D eigenvalue weighted by Gasteiger charge is -2.27. The van der Waals surface area contributed by atoms with Crippen LogP contribution in [0.4, 0.5) is 16.2 Å². The molecule has 0 aliphatic rings. The van der Waals surface area contributed by atoms with E-state index >= 15 is 0 Å². The molecule has 0 aromatic heterocycles. The summed E-state index contributed by atoms with van der Waals surface area (Å²) in [7, 11) is 0. The molecule has 0 saturated heterocycles. The van der Waals surface area contributed by atoms with Crippen molar-refractivity contribution in [2.75, 3.05) is 17.2 Å². The van der Waals surface area contributed by atoms with Gasteiger partial charge in [0.15, 0.2) is 0 Å². The van der Waals surface area contributed by atoms with Gasteiger partial charge in [-0.3, -0.25) is 4.90 Å². The third-order valence-corrected chi connectivity index (χ3v) is 2.50. The number of anilines is 2. The van der Waals surface area contributed by atoms with Gasteiger partial charge in [-0.2, -0.15) is 0 Å². The van der Waals surface area contributed by atoms with Gasteiger partial charge in [0.2, 0.25) is 0 Å². The van der Waals surface area contributed by atoms with E-state index in [0.29, 0.717) is 12.2 Å². The number of aromatic carboxylic acids is 1. The molecule has 0 saturated carbocycles. The number of nitrogens with two attached hydrogens (primary N) is 1. The molecule has 0 bridgehead atoms. The molecule has 20 heavy (non-hydrogen) atoms. The Hall–Kier alpha value is -2.24. The zero-order valence-corrected chi connectivity index (χ0v) is 12.1. The van der Waals surface area contributed by atoms with Crippen molar-refractivity contribution in [3.05, 3.63) is 23.8 Å². The molecule has 6 nitrogen and oxygen atoms in total. The van der Waals surface area contributed by atoms with Crippen molar-refractivity contribution in [3.8, 4) is 0 Å². The average Bonchev–Trinajstić information content (AvgIpc) is 2.29. The molecule has 0 fully saturated rings. The number of carbonyl (C=O) groups is 2. The molecular formula is C14H20N2O4. The molecule has 0 heterocycles. The molecule has 3 N–H and O–H groups in total. The quantitative estimate of drug-likeness (QED) is 0.830. The summed E-state index contributed by atoms with van der Waals surface area (Å²) >= 11 is 0. The highest BCUT2D eigenvalue weighted by atomic mass is 16.6. The first-order valence-corrected chi connectivity index (χ1v) is 6.29. The lowest BCUT2D eigenvalue weighted by atomic mass is 10.1. The zero-order valence-electron chi connectivity index (χ0n) is 12.1. The van der Waals surface area contributed by atoms with Crippen LogP contribution >= 0.6 is 0 Å². The van der Waals surface area contributed by atoms with Crippen molar-refractivity contribution in [2.24, 2.45) is 0 Å². The van der Waals surface area contributed by atoms with E-state index in [9.17, 15) is 9.59 Å². The Kier molecular flexibility index (Phi) is 4.60. The van der Waals surface area contributed by atoms with Crippen LogP contribution in [0.5, 0.6) is 0 Å². The van der Waals surface area contributed by atoms with E-state index in [2.05, 4.69) is 0 Å². The number of amides is 1. The second-order valence-corrected chi connectivity index (χ2v) is 5.30. The molecule has 1 amide bonds. The van der Waals surface area contributed by atoms with Gasteiger partial charge in [-0.15, -0.1) is 0 Å². The second-order valence-electron chi connectivity index (χ2n) is 5.30. The summed E-state index contributed by atoms with van der Waals surface area (Å²) in [6, 6.07) is 4.23. The van der Waals surface area contributed by atoms with E-state index in [1.54, 1.807) is 27.7 Å². The number of carbonyl (C=O) groups excluding carboxylic acids is 1. The number of carboxylic acids is 1. The van der Waals surface area contributed by atoms with E-state index in [1.165, 1.54) is 23.1 Å². The van der Waals surface area contributed by atoms with Gasteiger partial charge in [-0.05, 0) is 45.9 Å². The number of hydrogen-bond donors (Lipinski definition) is 2. The molecule has 1 aromatic carbocycles. The normalized spacial score (nSPS) is 11.0. The number of rotatable bonds is 3. The fourth-order valence-electron chi connectivity index (χ4n) is 1.65. The molecule has 110 valence electrons. The van der Waals surface area contributed by atoms with Crippen LogP contribution in [0, 0.1) is 0 Å². The Morgan fingerprint density at radius 1 is 1.35 bits per heavy atom. The maximum absolute atomic E-state index is 12.1. The van der Waals surface area contributed by atoms with Gasteiger partial charge in [-0.25, -0.2) is 9.59 Å². The predicted octanol–water partition coefficient (Wildman–Crippen LogP) is 2.73. The van der Waals surface area contributed by atoms with Gasteiger partial charge in [0.25, 0.3) is 0 Å². The number of nitrogen functional groups attached to an aromatic ring is 1. The highest BCUT2D eigenvalue weighted by molar-refractivity contribution is 5.95. The summed E-state index contributed by atoms with van der Waals surface area (Å²) in [6.07, 6.45) is -0.519. The molecule has 0 spiro atoms. The van der Waals surface area contributed by atoms with Crippen molar-refractivity contribution < 1.29 is 19.4 Å². The Bertz CT molecular complexity index is 520. The van der Waals surface area contributed by atoms with Crippen LogP contribution in [-0.4, -0.2) is 29.3 Å². The van der Waals surface area contributed by atoms with Crippen molar-refractivity contribution in [3.63, 3.8) is 0 Å². The molecule has 1 rings (SSSR count). The molecule has 0 aliphatic carbocycles. The third kappa shape index (κ3) is 3.88. The lowest BCUT2D eigenvalue weighted by molar-refractivity contribution is 0.0582. The average molecular weight is 280 g/mol. The number of carboxylic acid groups (broad SMARTS) is 1. The van der Waals surface area contributed by atoms with E-state index in [1.807, 2.05) is 0 Å². The summed E-state index contributed by atoms with van der Waals surface area (Å²) in [5.74, 6) is -1.07. The van der Waals surface area contributed by atoms with Gasteiger partial charge < -0.3 is 15.6 Å². The van der Waals surface area contributed by atoms with Crippen LogP contribution in [0.25, 0.3) is 0 Å². The van der Waals surface area contributed by atoms with Gasteiger partial charge >= 0.3 is 12.1 Å². The van der Waals surface area contributed by atoms with E-state index in [4.69, 9.17) is 15.6 Å². The topological polar surface area (TPSA) is 92.9 Å². The number of hydrogen-bond acceptors (Lipinski definition) is 4. The van der Waals surface area contributed by atoms with Crippen molar-refractivity contribution in [1.29, 1.82) is 0 Å². The minimum atomic E-state index is -1.07. The fraction of sp³-hybridized carbons (Fsp3) is 0.429.